The summed E-state index contributed by atoms with van der Waals surface area (Å²) in [5.74, 6) is 2.56. The maximum Gasteiger partial charge on any atom is 0.306 e. The second kappa shape index (κ2) is 16.8. The van der Waals surface area contributed by atoms with Crippen molar-refractivity contribution in [3.63, 3.8) is 0 Å². The van der Waals surface area contributed by atoms with Crippen LogP contribution in [0.3, 0.4) is 0 Å². The van der Waals surface area contributed by atoms with E-state index in [9.17, 15) is 9.59 Å². The summed E-state index contributed by atoms with van der Waals surface area (Å²) in [7, 11) is 0. The Labute approximate surface area is 290 Å². The maximum absolute atomic E-state index is 12.9. The minimum Gasteiger partial charge on any atom is -0.490 e. The fraction of sp³-hybridized carbons (Fsp3) is 0.649. The van der Waals surface area contributed by atoms with Crippen LogP contribution in [0.2, 0.25) is 5.02 Å². The molecule has 11 heteroatoms. The summed E-state index contributed by atoms with van der Waals surface area (Å²) in [5, 5.41) is 21.3. The zero-order valence-electron chi connectivity index (χ0n) is 28.8. The number of aromatic nitrogens is 2. The van der Waals surface area contributed by atoms with Crippen LogP contribution in [0.1, 0.15) is 107 Å². The van der Waals surface area contributed by atoms with Crippen molar-refractivity contribution in [1.29, 1.82) is 5.26 Å². The van der Waals surface area contributed by atoms with E-state index in [0.717, 1.165) is 83.5 Å². The quantitative estimate of drug-likeness (QED) is 0.263. The van der Waals surface area contributed by atoms with Gasteiger partial charge in [-0.25, -0.2) is 0 Å². The van der Waals surface area contributed by atoms with Gasteiger partial charge in [0, 0.05) is 31.6 Å². The van der Waals surface area contributed by atoms with Crippen LogP contribution in [0, 0.1) is 23.2 Å². The molecular weight excluding hydrogens is 628 g/mol. The lowest BCUT2D eigenvalue weighted by Crippen LogP contribution is -2.40. The van der Waals surface area contributed by atoms with Crippen LogP contribution in [0.25, 0.3) is 0 Å². The van der Waals surface area contributed by atoms with Crippen molar-refractivity contribution in [3.05, 3.63) is 46.6 Å². The summed E-state index contributed by atoms with van der Waals surface area (Å²) in [6.45, 7) is 11.1. The van der Waals surface area contributed by atoms with Gasteiger partial charge in [0.25, 0.3) is 5.91 Å². The number of carbonyl (C=O) groups excluding carboxylic acids is 2. The van der Waals surface area contributed by atoms with E-state index < -0.39 is 5.60 Å². The second-order valence-electron chi connectivity index (χ2n) is 14.7. The van der Waals surface area contributed by atoms with E-state index >= 15 is 0 Å². The van der Waals surface area contributed by atoms with Gasteiger partial charge in [-0.2, -0.15) is 5.26 Å². The van der Waals surface area contributed by atoms with E-state index in [1.165, 1.54) is 19.3 Å². The van der Waals surface area contributed by atoms with Gasteiger partial charge in [-0.05, 0) is 141 Å². The number of hydrogen-bond donors (Lipinski definition) is 1. The van der Waals surface area contributed by atoms with Crippen LogP contribution in [-0.4, -0.2) is 77.4 Å². The number of rotatable bonds is 11. The summed E-state index contributed by atoms with van der Waals surface area (Å²) < 4.78 is 11.5. The molecule has 1 saturated carbocycles. The van der Waals surface area contributed by atoms with Crippen LogP contribution >= 0.6 is 11.6 Å². The number of nitrogens with zero attached hydrogens (tertiary/aromatic N) is 5. The summed E-state index contributed by atoms with van der Waals surface area (Å²) in [6, 6.07) is 11.0. The van der Waals surface area contributed by atoms with Crippen molar-refractivity contribution in [2.45, 2.75) is 109 Å². The lowest BCUT2D eigenvalue weighted by Gasteiger charge is -2.35. The molecule has 0 radical (unpaired) electrons. The fourth-order valence-corrected chi connectivity index (χ4v) is 7.29. The molecule has 1 aliphatic carbocycles. The number of anilines is 1. The highest BCUT2D eigenvalue weighted by molar-refractivity contribution is 6.31. The zero-order chi connectivity index (χ0) is 34.1. The second-order valence-corrected chi connectivity index (χ2v) is 15.1. The number of benzene rings is 1. The van der Waals surface area contributed by atoms with E-state index in [1.54, 1.807) is 24.3 Å². The number of halogens is 1. The number of likely N-dealkylation sites (tertiary alicyclic amines) is 1. The van der Waals surface area contributed by atoms with Gasteiger partial charge in [-0.3, -0.25) is 9.59 Å². The molecule has 0 atom stereocenters. The summed E-state index contributed by atoms with van der Waals surface area (Å²) in [5.41, 5.74) is 0.367. The molecule has 3 aliphatic rings. The van der Waals surface area contributed by atoms with Crippen LogP contribution in [0.15, 0.2) is 30.3 Å². The van der Waals surface area contributed by atoms with Gasteiger partial charge in [-0.1, -0.05) is 11.6 Å². The molecule has 0 bridgehead atoms. The van der Waals surface area contributed by atoms with Gasteiger partial charge >= 0.3 is 5.97 Å². The Kier molecular flexibility index (Phi) is 12.6. The molecular formula is C37H51ClN6O4. The zero-order valence-corrected chi connectivity index (χ0v) is 29.5. The average molecular weight is 679 g/mol. The first-order valence-electron chi connectivity index (χ1n) is 17.7. The third kappa shape index (κ3) is 10.8. The number of ether oxygens (including phenoxy) is 2. The van der Waals surface area contributed by atoms with Crippen LogP contribution in [0.4, 0.5) is 5.82 Å². The first-order chi connectivity index (χ1) is 23.0. The minimum absolute atomic E-state index is 0.0476. The molecule has 48 heavy (non-hydrogen) atoms. The number of piperidine rings is 2. The minimum atomic E-state index is -0.405. The SMILES string of the molecule is CC(C)(C)OC(=O)CCC1CCN(CCC2CCN(c3ccc(C(=O)NC4CCC(Oc5ccc(C#N)c(Cl)c5)CC4)nn3)CC2)CC1. The Balaban J connectivity index is 0.954. The molecule has 1 aromatic carbocycles. The molecule has 2 aliphatic heterocycles. The Morgan fingerprint density at radius 2 is 1.62 bits per heavy atom. The lowest BCUT2D eigenvalue weighted by molar-refractivity contribution is -0.155. The van der Waals surface area contributed by atoms with Crippen molar-refractivity contribution >= 4 is 29.3 Å². The molecule has 3 heterocycles. The van der Waals surface area contributed by atoms with Crippen LogP contribution in [0.5, 0.6) is 5.75 Å². The highest BCUT2D eigenvalue weighted by atomic mass is 35.5. The van der Waals surface area contributed by atoms with Gasteiger partial charge in [0.2, 0.25) is 0 Å². The molecule has 1 N–H and O–H groups in total. The van der Waals surface area contributed by atoms with Gasteiger partial charge in [0.05, 0.1) is 16.7 Å². The molecule has 5 rings (SSSR count). The van der Waals surface area contributed by atoms with Crippen molar-refractivity contribution in [2.75, 3.05) is 37.6 Å². The highest BCUT2D eigenvalue weighted by Crippen LogP contribution is 2.29. The summed E-state index contributed by atoms with van der Waals surface area (Å²) in [6.07, 6.45) is 10.6. The Morgan fingerprint density at radius 1 is 0.938 bits per heavy atom. The number of esters is 1. The maximum atomic E-state index is 12.9. The molecule has 1 amide bonds. The first kappa shape index (κ1) is 35.9. The molecule has 260 valence electrons. The third-order valence-corrected chi connectivity index (χ3v) is 10.2. The molecule has 2 saturated heterocycles. The lowest BCUT2D eigenvalue weighted by atomic mass is 9.90. The highest BCUT2D eigenvalue weighted by Gasteiger charge is 2.27. The van der Waals surface area contributed by atoms with Gasteiger partial charge < -0.3 is 24.6 Å². The number of carbonyl (C=O) groups is 2. The largest absolute Gasteiger partial charge is 0.490 e. The van der Waals surface area contributed by atoms with E-state index in [-0.39, 0.29) is 24.0 Å². The number of hydrogen-bond acceptors (Lipinski definition) is 9. The van der Waals surface area contributed by atoms with Crippen molar-refractivity contribution in [2.24, 2.45) is 11.8 Å². The molecule has 3 fully saturated rings. The standard InChI is InChI=1S/C37H51ClN6O4/c1-37(2,3)48-35(45)13-4-26-14-19-43(20-15-26)21-16-27-17-22-44(23-18-27)34-12-11-33(41-42-34)36(46)40-29-6-9-30(10-7-29)47-31-8-5-28(25-39)32(38)24-31/h5,8,11-12,24,26-27,29-30H,4,6-7,9-10,13-23H2,1-3H3,(H,40,46). The fourth-order valence-electron chi connectivity index (χ4n) is 7.08. The van der Waals surface area contributed by atoms with Gasteiger partial charge in [-0.15, -0.1) is 10.2 Å². The topological polar surface area (TPSA) is 121 Å². The van der Waals surface area contributed by atoms with E-state index in [0.29, 0.717) is 40.3 Å². The van der Waals surface area contributed by atoms with Gasteiger partial charge in [0.1, 0.15) is 17.4 Å². The third-order valence-electron chi connectivity index (χ3n) is 9.93. The predicted octanol–water partition coefficient (Wildman–Crippen LogP) is 6.56. The van der Waals surface area contributed by atoms with E-state index in [1.807, 2.05) is 26.8 Å². The normalized spacial score (nSPS) is 21.4. The predicted molar refractivity (Wildman–Crippen MR) is 186 cm³/mol. The Bertz CT molecular complexity index is 1400. The monoisotopic (exact) mass is 678 g/mol. The van der Waals surface area contributed by atoms with Crippen molar-refractivity contribution in [1.82, 2.24) is 20.4 Å². The molecule has 0 spiro atoms. The van der Waals surface area contributed by atoms with Crippen LogP contribution in [-0.2, 0) is 9.53 Å². The van der Waals surface area contributed by atoms with E-state index in [2.05, 4.69) is 31.4 Å². The molecule has 1 aromatic heterocycles. The smallest absolute Gasteiger partial charge is 0.306 e. The number of amides is 1. The van der Waals surface area contributed by atoms with Crippen LogP contribution < -0.4 is 15.0 Å². The molecule has 0 unspecified atom stereocenters. The summed E-state index contributed by atoms with van der Waals surface area (Å²) in [4.78, 5) is 29.9. The number of nitrogens with one attached hydrogen (secondary N) is 1. The van der Waals surface area contributed by atoms with Crippen molar-refractivity contribution < 1.29 is 19.1 Å². The Hall–Kier alpha value is -3.42. The average Bonchev–Trinajstić information content (AvgIpc) is 3.07. The molecule has 2 aromatic rings. The molecule has 10 nitrogen and oxygen atoms in total. The Morgan fingerprint density at radius 3 is 2.25 bits per heavy atom. The summed E-state index contributed by atoms with van der Waals surface area (Å²) >= 11 is 6.13. The number of nitriles is 1. The van der Waals surface area contributed by atoms with E-state index in [4.69, 9.17) is 26.3 Å². The first-order valence-corrected chi connectivity index (χ1v) is 18.1. The van der Waals surface area contributed by atoms with Gasteiger partial charge in [0.15, 0.2) is 11.5 Å². The van der Waals surface area contributed by atoms with Crippen molar-refractivity contribution in [3.8, 4) is 11.8 Å².